The average Bonchev–Trinajstić information content (AvgIpc) is 3.25. The van der Waals surface area contributed by atoms with Crippen molar-refractivity contribution in [1.29, 1.82) is 0 Å². The van der Waals surface area contributed by atoms with Crippen LogP contribution in [0.1, 0.15) is 72.3 Å². The number of aliphatic hydroxyl groups is 1. The molecule has 0 saturated carbocycles. The fraction of sp³-hybridized carbons (Fsp3) is 0.600. The number of rotatable bonds is 13. The lowest BCUT2D eigenvalue weighted by Crippen LogP contribution is -2.54. The third-order valence-corrected chi connectivity index (χ3v) is 5.88. The van der Waals surface area contributed by atoms with Crippen molar-refractivity contribution in [3.8, 4) is 0 Å². The zero-order valence-corrected chi connectivity index (χ0v) is 22.2. The van der Waals surface area contributed by atoms with Gasteiger partial charge in [-0.25, -0.2) is 4.79 Å². The Kier molecular flexibility index (Phi) is 11.0. The standard InChI is InChI=1S/C25H38N4O5S/c1-16(2)12-13-25(32,22-28-29-24(34-22)35-18(5)6)27-21(30)20(14-17(3)4)26-23(31)33-15-19-10-8-7-9-11-19/h7-11,16-18,20,32H,12-15H2,1-6H3,(H,26,31)(H,27,30)/t20-,25?/m0/s1. The first-order valence-electron chi connectivity index (χ1n) is 12.0. The maximum atomic E-state index is 13.3. The Balaban J connectivity index is 2.15. The van der Waals surface area contributed by atoms with Crippen molar-refractivity contribution < 1.29 is 23.8 Å². The Morgan fingerprint density at radius 1 is 1.09 bits per heavy atom. The van der Waals surface area contributed by atoms with Gasteiger partial charge in [0.2, 0.25) is 11.6 Å². The van der Waals surface area contributed by atoms with Crippen LogP contribution in [0.15, 0.2) is 40.0 Å². The van der Waals surface area contributed by atoms with Gasteiger partial charge in [0.1, 0.15) is 12.6 Å². The van der Waals surface area contributed by atoms with Crippen molar-refractivity contribution in [1.82, 2.24) is 20.8 Å². The Morgan fingerprint density at radius 2 is 1.77 bits per heavy atom. The Hall–Kier alpha value is -2.59. The van der Waals surface area contributed by atoms with Crippen LogP contribution in [0, 0.1) is 11.8 Å². The third kappa shape index (κ3) is 9.89. The summed E-state index contributed by atoms with van der Waals surface area (Å²) in [5.74, 6) is -0.271. The number of nitrogens with zero attached hydrogens (tertiary/aromatic N) is 2. The summed E-state index contributed by atoms with van der Waals surface area (Å²) in [4.78, 5) is 25.7. The molecule has 1 unspecified atom stereocenters. The summed E-state index contributed by atoms with van der Waals surface area (Å²) < 4.78 is 11.0. The molecular weight excluding hydrogens is 468 g/mol. The molecule has 2 atom stereocenters. The van der Waals surface area contributed by atoms with Gasteiger partial charge in [-0.3, -0.25) is 4.79 Å². The van der Waals surface area contributed by atoms with Gasteiger partial charge >= 0.3 is 6.09 Å². The molecular formula is C25H38N4O5S. The van der Waals surface area contributed by atoms with E-state index in [1.165, 1.54) is 11.8 Å². The molecule has 0 spiro atoms. The largest absolute Gasteiger partial charge is 0.445 e. The number of carbonyl (C=O) groups is 2. The van der Waals surface area contributed by atoms with Crippen molar-refractivity contribution in [2.24, 2.45) is 11.8 Å². The first-order chi connectivity index (χ1) is 16.5. The van der Waals surface area contributed by atoms with Crippen molar-refractivity contribution in [2.75, 3.05) is 0 Å². The molecule has 35 heavy (non-hydrogen) atoms. The SMILES string of the molecule is CC(C)CCC(O)(NC(=O)[C@H](CC(C)C)NC(=O)OCc1ccccc1)c1nnc(SC(C)C)o1. The maximum absolute atomic E-state index is 13.3. The number of hydrogen-bond donors (Lipinski definition) is 3. The number of benzene rings is 1. The van der Waals surface area contributed by atoms with Crippen LogP contribution in [0.2, 0.25) is 0 Å². The maximum Gasteiger partial charge on any atom is 0.408 e. The molecule has 2 aromatic rings. The number of nitrogens with one attached hydrogen (secondary N) is 2. The van der Waals surface area contributed by atoms with Crippen LogP contribution in [-0.2, 0) is 21.9 Å². The summed E-state index contributed by atoms with van der Waals surface area (Å²) in [5.41, 5.74) is -1.03. The Morgan fingerprint density at radius 3 is 2.37 bits per heavy atom. The molecule has 0 aliphatic heterocycles. The van der Waals surface area contributed by atoms with E-state index < -0.39 is 23.8 Å². The molecule has 9 nitrogen and oxygen atoms in total. The van der Waals surface area contributed by atoms with E-state index in [-0.39, 0.29) is 36.0 Å². The number of carbonyl (C=O) groups excluding carboxylic acids is 2. The minimum absolute atomic E-state index is 0.0791. The third-order valence-electron chi connectivity index (χ3n) is 5.04. The van der Waals surface area contributed by atoms with Gasteiger partial charge in [0.15, 0.2) is 0 Å². The number of thioether (sulfide) groups is 1. The van der Waals surface area contributed by atoms with E-state index in [4.69, 9.17) is 9.15 Å². The molecule has 1 aromatic heterocycles. The zero-order valence-electron chi connectivity index (χ0n) is 21.4. The highest BCUT2D eigenvalue weighted by atomic mass is 32.2. The smallest absolute Gasteiger partial charge is 0.408 e. The second-order valence-corrected chi connectivity index (χ2v) is 11.2. The fourth-order valence-corrected chi connectivity index (χ4v) is 3.87. The number of ether oxygens (including phenoxy) is 1. The second kappa shape index (κ2) is 13.5. The van der Waals surface area contributed by atoms with E-state index in [1.54, 1.807) is 0 Å². The number of aromatic nitrogens is 2. The van der Waals surface area contributed by atoms with E-state index in [2.05, 4.69) is 20.8 Å². The Bertz CT molecular complexity index is 935. The van der Waals surface area contributed by atoms with Crippen LogP contribution in [0.3, 0.4) is 0 Å². The van der Waals surface area contributed by atoms with Gasteiger partial charge in [-0.05, 0) is 30.2 Å². The van der Waals surface area contributed by atoms with Crippen molar-refractivity contribution >= 4 is 23.8 Å². The quantitative estimate of drug-likeness (QED) is 0.266. The summed E-state index contributed by atoms with van der Waals surface area (Å²) in [5, 5.41) is 25.3. The Labute approximate surface area is 211 Å². The van der Waals surface area contributed by atoms with Crippen LogP contribution >= 0.6 is 11.8 Å². The predicted octanol–water partition coefficient (Wildman–Crippen LogP) is 4.61. The fourth-order valence-electron chi connectivity index (χ4n) is 3.25. The summed E-state index contributed by atoms with van der Waals surface area (Å²) >= 11 is 1.37. The second-order valence-electron chi connectivity index (χ2n) is 9.71. The first-order valence-corrected chi connectivity index (χ1v) is 12.9. The average molecular weight is 507 g/mol. The highest BCUT2D eigenvalue weighted by Crippen LogP contribution is 2.29. The van der Waals surface area contributed by atoms with E-state index in [0.29, 0.717) is 18.1 Å². The summed E-state index contributed by atoms with van der Waals surface area (Å²) in [6.45, 7) is 12.0. The summed E-state index contributed by atoms with van der Waals surface area (Å²) in [6, 6.07) is 8.35. The van der Waals surface area contributed by atoms with Gasteiger partial charge < -0.3 is 24.9 Å². The molecule has 0 bridgehead atoms. The highest BCUT2D eigenvalue weighted by molar-refractivity contribution is 7.99. The number of alkyl carbamates (subject to hydrolysis) is 1. The van der Waals surface area contributed by atoms with Gasteiger partial charge in [-0.1, -0.05) is 83.6 Å². The zero-order chi connectivity index (χ0) is 26.0. The van der Waals surface area contributed by atoms with Crippen LogP contribution in [-0.4, -0.2) is 38.6 Å². The minimum Gasteiger partial charge on any atom is -0.445 e. The van der Waals surface area contributed by atoms with E-state index in [0.717, 1.165) is 5.56 Å². The lowest BCUT2D eigenvalue weighted by Gasteiger charge is -2.29. The molecule has 0 aliphatic carbocycles. The topological polar surface area (TPSA) is 127 Å². The van der Waals surface area contributed by atoms with Crippen LogP contribution in [0.4, 0.5) is 4.79 Å². The predicted molar refractivity (Wildman–Crippen MR) is 134 cm³/mol. The normalized spacial score (nSPS) is 14.1. The van der Waals surface area contributed by atoms with Gasteiger partial charge in [0.25, 0.3) is 11.1 Å². The van der Waals surface area contributed by atoms with Gasteiger partial charge in [0.05, 0.1) is 0 Å². The molecule has 1 heterocycles. The van der Waals surface area contributed by atoms with Gasteiger partial charge in [0, 0.05) is 11.7 Å². The lowest BCUT2D eigenvalue weighted by molar-refractivity contribution is -0.135. The first kappa shape index (κ1) is 28.6. The molecule has 1 aromatic carbocycles. The lowest BCUT2D eigenvalue weighted by atomic mass is 9.98. The monoisotopic (exact) mass is 506 g/mol. The van der Waals surface area contributed by atoms with Crippen molar-refractivity contribution in [3.05, 3.63) is 41.8 Å². The summed E-state index contributed by atoms with van der Waals surface area (Å²) in [7, 11) is 0. The summed E-state index contributed by atoms with van der Waals surface area (Å²) in [6.07, 6.45) is 0.420. The van der Waals surface area contributed by atoms with Crippen molar-refractivity contribution in [3.63, 3.8) is 0 Å². The molecule has 0 radical (unpaired) electrons. The molecule has 2 amide bonds. The number of amides is 2. The molecule has 10 heteroatoms. The molecule has 0 aliphatic rings. The number of hydrogen-bond acceptors (Lipinski definition) is 8. The van der Waals surface area contributed by atoms with Crippen molar-refractivity contribution in [2.45, 2.75) is 89.7 Å². The minimum atomic E-state index is -1.87. The molecule has 2 rings (SSSR count). The van der Waals surface area contributed by atoms with Gasteiger partial charge in [-0.2, -0.15) is 0 Å². The molecule has 3 N–H and O–H groups in total. The molecule has 194 valence electrons. The van der Waals surface area contributed by atoms with E-state index in [9.17, 15) is 14.7 Å². The molecule has 0 fully saturated rings. The van der Waals surface area contributed by atoms with Gasteiger partial charge in [-0.15, -0.1) is 10.2 Å². The van der Waals surface area contributed by atoms with Crippen LogP contribution in [0.25, 0.3) is 0 Å². The highest BCUT2D eigenvalue weighted by Gasteiger charge is 2.39. The van der Waals surface area contributed by atoms with Crippen LogP contribution < -0.4 is 10.6 Å². The van der Waals surface area contributed by atoms with E-state index in [1.807, 2.05) is 71.9 Å². The van der Waals surface area contributed by atoms with Crippen LogP contribution in [0.5, 0.6) is 0 Å². The molecule has 0 saturated heterocycles. The van der Waals surface area contributed by atoms with E-state index >= 15 is 0 Å².